The van der Waals surface area contributed by atoms with E-state index in [0.29, 0.717) is 21.8 Å². The molecule has 1 aromatic carbocycles. The summed E-state index contributed by atoms with van der Waals surface area (Å²) in [7, 11) is 0. The van der Waals surface area contributed by atoms with Gasteiger partial charge in [-0.25, -0.2) is 4.39 Å². The van der Waals surface area contributed by atoms with Gasteiger partial charge in [0.2, 0.25) is 0 Å². The molecule has 94 valence electrons. The third-order valence-corrected chi connectivity index (χ3v) is 4.33. The zero-order valence-electron chi connectivity index (χ0n) is 10.6. The highest BCUT2D eigenvalue weighted by atomic mass is 79.9. The molecule has 0 aromatic heterocycles. The molecule has 1 aliphatic rings. The third kappa shape index (κ3) is 2.71. The first-order valence-corrected chi connectivity index (χ1v) is 6.93. The van der Waals surface area contributed by atoms with E-state index >= 15 is 0 Å². The van der Waals surface area contributed by atoms with Gasteiger partial charge in [-0.3, -0.25) is 0 Å². The number of halogens is 2. The highest BCUT2D eigenvalue weighted by Gasteiger charge is 2.50. The van der Waals surface area contributed by atoms with Crippen LogP contribution in [0.4, 0.5) is 4.39 Å². The minimum Gasteiger partial charge on any atom is -0.310 e. The van der Waals surface area contributed by atoms with Crippen molar-refractivity contribution >= 4 is 15.9 Å². The van der Waals surface area contributed by atoms with Crippen LogP contribution in [0.25, 0.3) is 0 Å². The second-order valence-electron chi connectivity index (χ2n) is 5.51. The van der Waals surface area contributed by atoms with E-state index in [1.807, 2.05) is 12.1 Å². The molecular formula is C14H19BrFN. The van der Waals surface area contributed by atoms with E-state index in [1.165, 1.54) is 12.0 Å². The average Bonchev–Trinajstić information content (AvgIpc) is 2.88. The predicted molar refractivity (Wildman–Crippen MR) is 72.4 cm³/mol. The second-order valence-corrected chi connectivity index (χ2v) is 6.36. The monoisotopic (exact) mass is 299 g/mol. The van der Waals surface area contributed by atoms with Crippen LogP contribution in [0, 0.1) is 17.2 Å². The van der Waals surface area contributed by atoms with Crippen LogP contribution in [0.5, 0.6) is 0 Å². The van der Waals surface area contributed by atoms with Crippen molar-refractivity contribution in [2.75, 3.05) is 6.54 Å². The molecule has 3 heteroatoms. The SMILES string of the molecule is CCNC(c1ccc(F)c(Br)c1)C1CC1(C)C. The minimum absolute atomic E-state index is 0.195. The Morgan fingerprint density at radius 1 is 1.53 bits per heavy atom. The minimum atomic E-state index is -0.195. The second kappa shape index (κ2) is 4.69. The molecule has 2 unspecified atom stereocenters. The van der Waals surface area contributed by atoms with Crippen LogP contribution in [0.2, 0.25) is 0 Å². The van der Waals surface area contributed by atoms with Crippen LogP contribution < -0.4 is 5.32 Å². The quantitative estimate of drug-likeness (QED) is 0.875. The summed E-state index contributed by atoms with van der Waals surface area (Å²) in [6, 6.07) is 5.67. The fourth-order valence-corrected chi connectivity index (χ4v) is 2.89. The van der Waals surface area contributed by atoms with Crippen molar-refractivity contribution in [2.45, 2.75) is 33.2 Å². The number of benzene rings is 1. The molecule has 1 saturated carbocycles. The standard InChI is InChI=1S/C14H19BrFN/c1-4-17-13(10-8-14(10,2)3)9-5-6-12(16)11(15)7-9/h5-7,10,13,17H,4,8H2,1-3H3. The van der Waals surface area contributed by atoms with Crippen molar-refractivity contribution in [3.05, 3.63) is 34.1 Å². The molecule has 0 aliphatic heterocycles. The van der Waals surface area contributed by atoms with Gasteiger partial charge >= 0.3 is 0 Å². The van der Waals surface area contributed by atoms with Gasteiger partial charge in [0.1, 0.15) is 5.82 Å². The van der Waals surface area contributed by atoms with Gasteiger partial charge in [0.05, 0.1) is 4.47 Å². The Morgan fingerprint density at radius 2 is 2.18 bits per heavy atom. The molecular weight excluding hydrogens is 281 g/mol. The molecule has 1 aromatic rings. The summed E-state index contributed by atoms with van der Waals surface area (Å²) in [4.78, 5) is 0. The summed E-state index contributed by atoms with van der Waals surface area (Å²) in [5.41, 5.74) is 1.59. The molecule has 1 N–H and O–H groups in total. The van der Waals surface area contributed by atoms with Gasteiger partial charge < -0.3 is 5.32 Å². The lowest BCUT2D eigenvalue weighted by atomic mass is 9.97. The Bertz CT molecular complexity index is 417. The van der Waals surface area contributed by atoms with Crippen molar-refractivity contribution in [1.29, 1.82) is 0 Å². The summed E-state index contributed by atoms with van der Waals surface area (Å²) < 4.78 is 13.8. The smallest absolute Gasteiger partial charge is 0.137 e. The first-order chi connectivity index (χ1) is 7.95. The van der Waals surface area contributed by atoms with Gasteiger partial charge in [-0.1, -0.05) is 26.8 Å². The van der Waals surface area contributed by atoms with E-state index in [-0.39, 0.29) is 5.82 Å². The largest absolute Gasteiger partial charge is 0.310 e. The third-order valence-electron chi connectivity index (χ3n) is 3.72. The Labute approximate surface area is 111 Å². The Balaban J connectivity index is 2.24. The van der Waals surface area contributed by atoms with E-state index in [2.05, 4.69) is 42.0 Å². The van der Waals surface area contributed by atoms with Gasteiger partial charge in [-0.15, -0.1) is 0 Å². The lowest BCUT2D eigenvalue weighted by Gasteiger charge is -2.20. The molecule has 17 heavy (non-hydrogen) atoms. The summed E-state index contributed by atoms with van der Waals surface area (Å²) in [6.45, 7) is 7.63. The van der Waals surface area contributed by atoms with Gasteiger partial charge in [0.25, 0.3) is 0 Å². The molecule has 0 amide bonds. The van der Waals surface area contributed by atoms with Crippen LogP contribution in [0.3, 0.4) is 0 Å². The Morgan fingerprint density at radius 3 is 2.65 bits per heavy atom. The van der Waals surface area contributed by atoms with Crippen molar-refractivity contribution in [1.82, 2.24) is 5.32 Å². The lowest BCUT2D eigenvalue weighted by Crippen LogP contribution is -2.24. The number of hydrogen-bond donors (Lipinski definition) is 1. The Kier molecular flexibility index (Phi) is 3.60. The van der Waals surface area contributed by atoms with Crippen LogP contribution in [-0.4, -0.2) is 6.54 Å². The van der Waals surface area contributed by atoms with Crippen LogP contribution in [-0.2, 0) is 0 Å². The first kappa shape index (κ1) is 13.0. The fraction of sp³-hybridized carbons (Fsp3) is 0.571. The van der Waals surface area contributed by atoms with Crippen LogP contribution >= 0.6 is 15.9 Å². The van der Waals surface area contributed by atoms with E-state index in [0.717, 1.165) is 6.54 Å². The highest BCUT2D eigenvalue weighted by molar-refractivity contribution is 9.10. The molecule has 1 aliphatic carbocycles. The maximum absolute atomic E-state index is 13.2. The fourth-order valence-electron chi connectivity index (χ4n) is 2.50. The van der Waals surface area contributed by atoms with Crippen LogP contribution in [0.1, 0.15) is 38.8 Å². The molecule has 2 rings (SSSR count). The summed E-state index contributed by atoms with van der Waals surface area (Å²) in [5, 5.41) is 3.52. The average molecular weight is 300 g/mol. The molecule has 0 spiro atoms. The first-order valence-electron chi connectivity index (χ1n) is 6.14. The molecule has 0 heterocycles. The molecule has 0 radical (unpaired) electrons. The summed E-state index contributed by atoms with van der Waals surface area (Å²) >= 11 is 3.26. The number of nitrogens with one attached hydrogen (secondary N) is 1. The van der Waals surface area contributed by atoms with E-state index < -0.39 is 0 Å². The van der Waals surface area contributed by atoms with Crippen molar-refractivity contribution in [3.8, 4) is 0 Å². The van der Waals surface area contributed by atoms with Crippen molar-refractivity contribution in [3.63, 3.8) is 0 Å². The maximum atomic E-state index is 13.2. The van der Waals surface area contributed by atoms with Gasteiger partial charge in [0, 0.05) is 6.04 Å². The van der Waals surface area contributed by atoms with E-state index in [9.17, 15) is 4.39 Å². The van der Waals surface area contributed by atoms with Gasteiger partial charge in [-0.05, 0) is 57.9 Å². The molecule has 0 bridgehead atoms. The predicted octanol–water partition coefficient (Wildman–Crippen LogP) is 4.28. The molecule has 1 nitrogen and oxygen atoms in total. The lowest BCUT2D eigenvalue weighted by molar-refractivity contribution is 0.423. The number of rotatable bonds is 4. The maximum Gasteiger partial charge on any atom is 0.137 e. The summed E-state index contributed by atoms with van der Waals surface area (Å²) in [6.07, 6.45) is 1.24. The van der Waals surface area contributed by atoms with Crippen molar-refractivity contribution < 1.29 is 4.39 Å². The van der Waals surface area contributed by atoms with Crippen molar-refractivity contribution in [2.24, 2.45) is 11.3 Å². The zero-order chi connectivity index (χ0) is 12.6. The molecule has 0 saturated heterocycles. The Hall–Kier alpha value is -0.410. The van der Waals surface area contributed by atoms with E-state index in [1.54, 1.807) is 6.07 Å². The van der Waals surface area contributed by atoms with Gasteiger partial charge in [-0.2, -0.15) is 0 Å². The van der Waals surface area contributed by atoms with E-state index in [4.69, 9.17) is 0 Å². The zero-order valence-corrected chi connectivity index (χ0v) is 12.1. The highest BCUT2D eigenvalue weighted by Crippen LogP contribution is 2.57. The number of hydrogen-bond acceptors (Lipinski definition) is 1. The molecule has 1 fully saturated rings. The molecule has 2 atom stereocenters. The topological polar surface area (TPSA) is 12.0 Å². The van der Waals surface area contributed by atoms with Crippen LogP contribution in [0.15, 0.2) is 22.7 Å². The normalized spacial score (nSPS) is 23.5. The van der Waals surface area contributed by atoms with Gasteiger partial charge in [0.15, 0.2) is 0 Å². The summed E-state index contributed by atoms with van der Waals surface area (Å²) in [5.74, 6) is 0.457.